The van der Waals surface area contributed by atoms with Crippen molar-refractivity contribution >= 4 is 39.1 Å². The largest absolute Gasteiger partial charge is 0.383 e. The Balaban J connectivity index is 1.84. The van der Waals surface area contributed by atoms with Gasteiger partial charge in [-0.1, -0.05) is 11.8 Å². The van der Waals surface area contributed by atoms with Gasteiger partial charge in [0.25, 0.3) is 0 Å². The highest BCUT2D eigenvalue weighted by atomic mass is 32.2. The van der Waals surface area contributed by atoms with Gasteiger partial charge in [0.1, 0.15) is 22.8 Å². The van der Waals surface area contributed by atoms with Crippen molar-refractivity contribution in [2.45, 2.75) is 10.9 Å². The summed E-state index contributed by atoms with van der Waals surface area (Å²) in [5.74, 6) is 2.09. The molecule has 3 aromatic heterocycles. The van der Waals surface area contributed by atoms with Gasteiger partial charge < -0.3 is 5.73 Å². The number of nitrogen functional groups attached to an aromatic ring is 1. The third-order valence-electron chi connectivity index (χ3n) is 2.47. The van der Waals surface area contributed by atoms with E-state index in [9.17, 15) is 0 Å². The molecule has 8 heteroatoms. The Hall–Kier alpha value is -1.67. The summed E-state index contributed by atoms with van der Waals surface area (Å²) < 4.78 is 1.74. The summed E-state index contributed by atoms with van der Waals surface area (Å²) in [5, 5.41) is 7.57. The molecule has 0 amide bonds. The van der Waals surface area contributed by atoms with Gasteiger partial charge in [0.2, 0.25) is 0 Å². The van der Waals surface area contributed by atoms with Crippen LogP contribution in [0.2, 0.25) is 0 Å². The molecular formula is C10H10N6S2. The first kappa shape index (κ1) is 11.4. The summed E-state index contributed by atoms with van der Waals surface area (Å²) in [6.07, 6.45) is 1.54. The Morgan fingerprint density at radius 3 is 3.11 bits per heavy atom. The van der Waals surface area contributed by atoms with Crippen molar-refractivity contribution < 1.29 is 0 Å². The van der Waals surface area contributed by atoms with Crippen LogP contribution in [0.4, 0.5) is 5.82 Å². The second-order valence-corrected chi connectivity index (χ2v) is 5.46. The predicted octanol–water partition coefficient (Wildman–Crippen LogP) is 1.69. The molecule has 0 aliphatic carbocycles. The maximum Gasteiger partial charge on any atom is 0.191 e. The molecule has 0 aliphatic rings. The number of nitrogens with zero attached hydrogens (tertiary/aromatic N) is 5. The minimum absolute atomic E-state index is 0.529. The summed E-state index contributed by atoms with van der Waals surface area (Å²) in [7, 11) is 1.86. The zero-order chi connectivity index (χ0) is 12.5. The van der Waals surface area contributed by atoms with Crippen molar-refractivity contribution in [3.63, 3.8) is 0 Å². The lowest BCUT2D eigenvalue weighted by Gasteiger charge is -2.02. The molecule has 2 N–H and O–H groups in total. The number of aryl methyl sites for hydroxylation is 1. The summed E-state index contributed by atoms with van der Waals surface area (Å²) in [4.78, 5) is 13.8. The maximum absolute atomic E-state index is 5.89. The lowest BCUT2D eigenvalue weighted by molar-refractivity contribution is 0.729. The maximum atomic E-state index is 5.89. The fraction of sp³-hybridized carbons (Fsp3) is 0.200. The van der Waals surface area contributed by atoms with Gasteiger partial charge in [-0.15, -0.1) is 11.3 Å². The third-order valence-corrected chi connectivity index (χ3v) is 4.12. The van der Waals surface area contributed by atoms with Crippen LogP contribution in [0.15, 0.2) is 22.9 Å². The van der Waals surface area contributed by atoms with Crippen molar-refractivity contribution in [3.8, 4) is 0 Å². The topological polar surface area (TPSA) is 82.5 Å². The number of thioether (sulfide) groups is 1. The van der Waals surface area contributed by atoms with E-state index < -0.39 is 0 Å². The van der Waals surface area contributed by atoms with Crippen LogP contribution in [0.25, 0.3) is 10.2 Å². The van der Waals surface area contributed by atoms with Crippen LogP contribution in [0.5, 0.6) is 0 Å². The van der Waals surface area contributed by atoms with Gasteiger partial charge in [-0.3, -0.25) is 4.68 Å². The van der Waals surface area contributed by atoms with E-state index in [-0.39, 0.29) is 0 Å². The molecular weight excluding hydrogens is 268 g/mol. The van der Waals surface area contributed by atoms with E-state index in [4.69, 9.17) is 5.73 Å². The van der Waals surface area contributed by atoms with Crippen molar-refractivity contribution in [1.29, 1.82) is 0 Å². The number of anilines is 1. The highest BCUT2D eigenvalue weighted by molar-refractivity contribution is 7.98. The minimum atomic E-state index is 0.529. The van der Waals surface area contributed by atoms with E-state index in [0.717, 1.165) is 16.0 Å². The molecule has 0 unspecified atom stereocenters. The van der Waals surface area contributed by atoms with Crippen molar-refractivity contribution in [2.24, 2.45) is 7.05 Å². The summed E-state index contributed by atoms with van der Waals surface area (Å²) in [6.45, 7) is 0. The van der Waals surface area contributed by atoms with Crippen LogP contribution in [-0.4, -0.2) is 24.7 Å². The Kier molecular flexibility index (Phi) is 2.88. The van der Waals surface area contributed by atoms with Crippen molar-refractivity contribution in [2.75, 3.05) is 5.73 Å². The number of fused-ring (bicyclic) bond motifs is 1. The van der Waals surface area contributed by atoms with Crippen LogP contribution in [0.1, 0.15) is 5.82 Å². The molecule has 0 spiro atoms. The Bertz CT molecular complexity index is 689. The van der Waals surface area contributed by atoms with Crippen molar-refractivity contribution in [3.05, 3.63) is 23.6 Å². The van der Waals surface area contributed by atoms with Gasteiger partial charge in [-0.2, -0.15) is 5.10 Å². The fourth-order valence-electron chi connectivity index (χ4n) is 1.50. The highest BCUT2D eigenvalue weighted by Gasteiger charge is 2.08. The lowest BCUT2D eigenvalue weighted by atomic mass is 10.4. The van der Waals surface area contributed by atoms with E-state index in [1.165, 1.54) is 18.1 Å². The second-order valence-electron chi connectivity index (χ2n) is 3.62. The molecule has 0 saturated heterocycles. The van der Waals surface area contributed by atoms with Gasteiger partial charge in [0, 0.05) is 7.05 Å². The number of nitrogens with two attached hydrogens (primary N) is 1. The number of thiophene rings is 1. The van der Waals surface area contributed by atoms with Crippen LogP contribution >= 0.6 is 23.1 Å². The van der Waals surface area contributed by atoms with E-state index >= 15 is 0 Å². The first-order valence-electron chi connectivity index (χ1n) is 5.20. The monoisotopic (exact) mass is 278 g/mol. The quantitative estimate of drug-likeness (QED) is 0.580. The predicted molar refractivity (Wildman–Crippen MR) is 72.4 cm³/mol. The SMILES string of the molecule is Cn1ncnc1CSc1nc(N)c2ccsc2n1. The molecule has 0 aliphatic heterocycles. The van der Waals surface area contributed by atoms with E-state index in [1.54, 1.807) is 16.0 Å². The smallest absolute Gasteiger partial charge is 0.191 e. The van der Waals surface area contributed by atoms with Crippen LogP contribution in [0, 0.1) is 0 Å². The van der Waals surface area contributed by atoms with Gasteiger partial charge in [0.05, 0.1) is 11.1 Å². The van der Waals surface area contributed by atoms with Gasteiger partial charge >= 0.3 is 0 Å². The minimum Gasteiger partial charge on any atom is -0.383 e. The Labute approximate surface area is 111 Å². The normalized spacial score (nSPS) is 11.2. The average Bonchev–Trinajstić information content (AvgIpc) is 2.95. The Morgan fingerprint density at radius 2 is 2.33 bits per heavy atom. The highest BCUT2D eigenvalue weighted by Crippen LogP contribution is 2.27. The fourth-order valence-corrected chi connectivity index (χ4v) is 3.17. The zero-order valence-corrected chi connectivity index (χ0v) is 11.2. The molecule has 0 fully saturated rings. The Morgan fingerprint density at radius 1 is 1.44 bits per heavy atom. The molecule has 0 aromatic carbocycles. The number of rotatable bonds is 3. The second kappa shape index (κ2) is 4.54. The molecule has 18 heavy (non-hydrogen) atoms. The number of hydrogen-bond acceptors (Lipinski definition) is 7. The molecule has 3 heterocycles. The molecule has 0 atom stereocenters. The zero-order valence-electron chi connectivity index (χ0n) is 9.57. The lowest BCUT2D eigenvalue weighted by Crippen LogP contribution is -1.99. The van der Waals surface area contributed by atoms with Gasteiger partial charge in [0.15, 0.2) is 5.16 Å². The van der Waals surface area contributed by atoms with Gasteiger partial charge in [-0.25, -0.2) is 15.0 Å². The van der Waals surface area contributed by atoms with E-state index in [0.29, 0.717) is 16.7 Å². The van der Waals surface area contributed by atoms with Gasteiger partial charge in [-0.05, 0) is 11.4 Å². The van der Waals surface area contributed by atoms with E-state index in [2.05, 4.69) is 20.1 Å². The first-order valence-corrected chi connectivity index (χ1v) is 7.07. The van der Waals surface area contributed by atoms with E-state index in [1.807, 2.05) is 18.5 Å². The van der Waals surface area contributed by atoms with Crippen molar-refractivity contribution in [1.82, 2.24) is 24.7 Å². The summed E-state index contributed by atoms with van der Waals surface area (Å²) in [5.41, 5.74) is 5.89. The average molecular weight is 278 g/mol. The summed E-state index contributed by atoms with van der Waals surface area (Å²) in [6, 6.07) is 1.94. The first-order chi connectivity index (χ1) is 8.74. The molecule has 3 aromatic rings. The molecule has 6 nitrogen and oxygen atoms in total. The molecule has 92 valence electrons. The van der Waals surface area contributed by atoms with Crippen LogP contribution in [-0.2, 0) is 12.8 Å². The molecule has 3 rings (SSSR count). The molecule has 0 radical (unpaired) electrons. The number of aromatic nitrogens is 5. The molecule has 0 saturated carbocycles. The van der Waals surface area contributed by atoms with Crippen LogP contribution in [0.3, 0.4) is 0 Å². The summed E-state index contributed by atoms with van der Waals surface area (Å²) >= 11 is 3.07. The third kappa shape index (κ3) is 2.04. The number of hydrogen-bond donors (Lipinski definition) is 1. The molecule has 0 bridgehead atoms. The standard InChI is InChI=1S/C10H10N6S2/c1-16-7(12-5-13-16)4-18-10-14-8(11)6-2-3-17-9(6)15-10/h2-3,5H,4H2,1H3,(H2,11,14,15). The van der Waals surface area contributed by atoms with Crippen LogP contribution < -0.4 is 5.73 Å².